The first kappa shape index (κ1) is 14.0. The molecule has 0 bridgehead atoms. The summed E-state index contributed by atoms with van der Waals surface area (Å²) in [5, 5.41) is 0. The molecule has 0 spiro atoms. The molecule has 0 fully saturated rings. The molecule has 0 heterocycles. The second-order valence-corrected chi connectivity index (χ2v) is 4.32. The maximum absolute atomic E-state index is 13.0. The van der Waals surface area contributed by atoms with Gasteiger partial charge in [-0.05, 0) is 30.0 Å². The van der Waals surface area contributed by atoms with Gasteiger partial charge in [0.25, 0.3) is 0 Å². The first-order valence-corrected chi connectivity index (χ1v) is 5.89. The molecule has 0 aliphatic carbocycles. The standard InChI is InChI=1S/C13H18F3N/c1-3-8(4-2)5-12(17)9-6-10(14)13(16)11(15)7-9/h6-8,12H,3-5,17H2,1-2H3. The minimum Gasteiger partial charge on any atom is -0.324 e. The van der Waals surface area contributed by atoms with Gasteiger partial charge in [-0.2, -0.15) is 0 Å². The maximum Gasteiger partial charge on any atom is 0.194 e. The molecule has 0 aliphatic rings. The molecular formula is C13H18F3N. The highest BCUT2D eigenvalue weighted by molar-refractivity contribution is 5.22. The van der Waals surface area contributed by atoms with Gasteiger partial charge < -0.3 is 5.73 Å². The Bertz CT molecular complexity index is 352. The Hall–Kier alpha value is -1.03. The number of hydrogen-bond acceptors (Lipinski definition) is 1. The van der Waals surface area contributed by atoms with Crippen molar-refractivity contribution in [3.8, 4) is 0 Å². The van der Waals surface area contributed by atoms with Gasteiger partial charge in [-0.3, -0.25) is 0 Å². The SMILES string of the molecule is CCC(CC)CC(N)c1cc(F)c(F)c(F)c1. The van der Waals surface area contributed by atoms with Gasteiger partial charge in [0.05, 0.1) is 0 Å². The molecule has 2 N–H and O–H groups in total. The van der Waals surface area contributed by atoms with Crippen molar-refractivity contribution in [2.45, 2.75) is 39.2 Å². The lowest BCUT2D eigenvalue weighted by atomic mass is 9.91. The normalized spacial score (nSPS) is 13.1. The molecule has 1 atom stereocenters. The van der Waals surface area contributed by atoms with Crippen LogP contribution in [0.2, 0.25) is 0 Å². The molecule has 0 aliphatic heterocycles. The van der Waals surface area contributed by atoms with Gasteiger partial charge in [-0.1, -0.05) is 26.7 Å². The molecule has 0 aromatic heterocycles. The van der Waals surface area contributed by atoms with Crippen molar-refractivity contribution in [3.05, 3.63) is 35.1 Å². The highest BCUT2D eigenvalue weighted by atomic mass is 19.2. The van der Waals surface area contributed by atoms with Crippen LogP contribution < -0.4 is 5.73 Å². The topological polar surface area (TPSA) is 26.0 Å². The van der Waals surface area contributed by atoms with E-state index in [0.717, 1.165) is 25.0 Å². The lowest BCUT2D eigenvalue weighted by molar-refractivity contribution is 0.407. The molecule has 1 aromatic rings. The van der Waals surface area contributed by atoms with E-state index in [1.165, 1.54) is 0 Å². The molecule has 1 nitrogen and oxygen atoms in total. The maximum atomic E-state index is 13.0. The van der Waals surface area contributed by atoms with Crippen LogP contribution in [0.25, 0.3) is 0 Å². The molecule has 96 valence electrons. The molecular weight excluding hydrogens is 227 g/mol. The molecule has 0 saturated heterocycles. The van der Waals surface area contributed by atoms with Gasteiger partial charge >= 0.3 is 0 Å². The Morgan fingerprint density at radius 2 is 1.53 bits per heavy atom. The number of hydrogen-bond donors (Lipinski definition) is 1. The number of nitrogens with two attached hydrogens (primary N) is 1. The minimum atomic E-state index is -1.44. The fourth-order valence-corrected chi connectivity index (χ4v) is 1.91. The molecule has 0 saturated carbocycles. The van der Waals surface area contributed by atoms with Gasteiger partial charge in [0.1, 0.15) is 0 Å². The quantitative estimate of drug-likeness (QED) is 0.781. The van der Waals surface area contributed by atoms with E-state index in [1.807, 2.05) is 13.8 Å². The third-order valence-corrected chi connectivity index (χ3v) is 3.18. The fourth-order valence-electron chi connectivity index (χ4n) is 1.91. The van der Waals surface area contributed by atoms with Crippen LogP contribution in [-0.2, 0) is 0 Å². The zero-order chi connectivity index (χ0) is 13.0. The van der Waals surface area contributed by atoms with E-state index in [-0.39, 0.29) is 0 Å². The summed E-state index contributed by atoms with van der Waals surface area (Å²) in [6.45, 7) is 4.10. The van der Waals surface area contributed by atoms with Gasteiger partial charge in [0.15, 0.2) is 17.5 Å². The molecule has 1 unspecified atom stereocenters. The van der Waals surface area contributed by atoms with Crippen molar-refractivity contribution >= 4 is 0 Å². The van der Waals surface area contributed by atoms with Crippen LogP contribution in [0.5, 0.6) is 0 Å². The van der Waals surface area contributed by atoms with Crippen LogP contribution in [0.4, 0.5) is 13.2 Å². The summed E-state index contributed by atoms with van der Waals surface area (Å²) >= 11 is 0. The van der Waals surface area contributed by atoms with Crippen LogP contribution >= 0.6 is 0 Å². The lowest BCUT2D eigenvalue weighted by Gasteiger charge is -2.18. The van der Waals surface area contributed by atoms with Crippen molar-refractivity contribution in [2.24, 2.45) is 11.7 Å². The Morgan fingerprint density at radius 3 is 1.94 bits per heavy atom. The van der Waals surface area contributed by atoms with E-state index in [9.17, 15) is 13.2 Å². The zero-order valence-corrected chi connectivity index (χ0v) is 10.1. The minimum absolute atomic E-state index is 0.313. The van der Waals surface area contributed by atoms with E-state index in [1.54, 1.807) is 0 Å². The van der Waals surface area contributed by atoms with Crippen molar-refractivity contribution in [3.63, 3.8) is 0 Å². The van der Waals surface area contributed by atoms with E-state index < -0.39 is 23.5 Å². The average Bonchev–Trinajstić information content (AvgIpc) is 2.31. The number of rotatable bonds is 5. The molecule has 1 aromatic carbocycles. The third-order valence-electron chi connectivity index (χ3n) is 3.18. The van der Waals surface area contributed by atoms with E-state index in [0.29, 0.717) is 17.9 Å². The average molecular weight is 245 g/mol. The summed E-state index contributed by atoms with van der Waals surface area (Å²) in [6, 6.07) is 1.50. The van der Waals surface area contributed by atoms with Crippen molar-refractivity contribution in [1.82, 2.24) is 0 Å². The summed E-state index contributed by atoms with van der Waals surface area (Å²) in [4.78, 5) is 0. The van der Waals surface area contributed by atoms with E-state index in [2.05, 4.69) is 0 Å². The van der Waals surface area contributed by atoms with Gasteiger partial charge in [0, 0.05) is 6.04 Å². The van der Waals surface area contributed by atoms with Crippen LogP contribution in [0.15, 0.2) is 12.1 Å². The molecule has 4 heteroatoms. The molecule has 17 heavy (non-hydrogen) atoms. The molecule has 0 amide bonds. The van der Waals surface area contributed by atoms with Gasteiger partial charge in [-0.25, -0.2) is 13.2 Å². The first-order chi connectivity index (χ1) is 7.99. The number of benzene rings is 1. The van der Waals surface area contributed by atoms with Crippen LogP contribution in [0, 0.1) is 23.4 Å². The van der Waals surface area contributed by atoms with E-state index in [4.69, 9.17) is 5.73 Å². The highest BCUT2D eigenvalue weighted by Crippen LogP contribution is 2.25. The predicted octanol–water partition coefficient (Wildman–Crippen LogP) is 3.93. The van der Waals surface area contributed by atoms with Gasteiger partial charge in [-0.15, -0.1) is 0 Å². The molecule has 1 rings (SSSR count). The van der Waals surface area contributed by atoms with Crippen molar-refractivity contribution in [1.29, 1.82) is 0 Å². The Morgan fingerprint density at radius 1 is 1.06 bits per heavy atom. The summed E-state index contributed by atoms with van der Waals surface area (Å²) in [5.74, 6) is -3.38. The van der Waals surface area contributed by atoms with Crippen LogP contribution in [-0.4, -0.2) is 0 Å². The predicted molar refractivity (Wildman–Crippen MR) is 61.9 cm³/mol. The summed E-state index contributed by atoms with van der Waals surface area (Å²) in [5.41, 5.74) is 6.19. The lowest BCUT2D eigenvalue weighted by Crippen LogP contribution is -2.16. The zero-order valence-electron chi connectivity index (χ0n) is 10.1. The summed E-state index contributed by atoms with van der Waals surface area (Å²) < 4.78 is 38.8. The second-order valence-electron chi connectivity index (χ2n) is 4.32. The van der Waals surface area contributed by atoms with E-state index >= 15 is 0 Å². The Kier molecular flexibility index (Phi) is 5.00. The van der Waals surface area contributed by atoms with Crippen molar-refractivity contribution < 1.29 is 13.2 Å². The smallest absolute Gasteiger partial charge is 0.194 e. The second kappa shape index (κ2) is 6.05. The summed E-state index contributed by atoms with van der Waals surface area (Å²) in [6.07, 6.45) is 2.59. The highest BCUT2D eigenvalue weighted by Gasteiger charge is 2.17. The summed E-state index contributed by atoms with van der Waals surface area (Å²) in [7, 11) is 0. The van der Waals surface area contributed by atoms with Gasteiger partial charge in [0.2, 0.25) is 0 Å². The van der Waals surface area contributed by atoms with Crippen LogP contribution in [0.1, 0.15) is 44.7 Å². The first-order valence-electron chi connectivity index (χ1n) is 5.89. The fraction of sp³-hybridized carbons (Fsp3) is 0.538. The largest absolute Gasteiger partial charge is 0.324 e. The van der Waals surface area contributed by atoms with Crippen LogP contribution in [0.3, 0.4) is 0 Å². The Balaban J connectivity index is 2.85. The third kappa shape index (κ3) is 3.46. The monoisotopic (exact) mass is 245 g/mol. The Labute approximate surface area is 99.8 Å². The number of halogens is 3. The van der Waals surface area contributed by atoms with Crippen molar-refractivity contribution in [2.75, 3.05) is 0 Å². The molecule has 0 radical (unpaired) electrons.